The first-order chi connectivity index (χ1) is 18.7. The molecule has 0 saturated carbocycles. The Morgan fingerprint density at radius 1 is 0.526 bits per heavy atom. The maximum absolute atomic E-state index is 12.4. The Balaban J connectivity index is 1.46. The van der Waals surface area contributed by atoms with Crippen molar-refractivity contribution in [1.82, 2.24) is 0 Å². The predicted molar refractivity (Wildman–Crippen MR) is 141 cm³/mol. The van der Waals surface area contributed by atoms with Gasteiger partial charge in [-0.3, -0.25) is 0 Å². The molecule has 4 aliphatic rings. The van der Waals surface area contributed by atoms with Crippen molar-refractivity contribution in [1.29, 1.82) is 0 Å². The van der Waals surface area contributed by atoms with Crippen molar-refractivity contribution in [3.05, 3.63) is 109 Å². The van der Waals surface area contributed by atoms with E-state index in [-0.39, 0.29) is 11.5 Å². The van der Waals surface area contributed by atoms with Gasteiger partial charge < -0.3 is 28.4 Å². The molecular formula is C30H26O8. The number of ether oxygens (including phenoxy) is 6. The Bertz CT molecular complexity index is 1290. The minimum Gasteiger partial charge on any atom is -0.496 e. The molecule has 0 N–H and O–H groups in total. The summed E-state index contributed by atoms with van der Waals surface area (Å²) in [5.74, 6) is 0.293. The predicted octanol–water partition coefficient (Wildman–Crippen LogP) is 5.20. The number of rotatable bonds is 0. The van der Waals surface area contributed by atoms with E-state index in [1.807, 2.05) is 12.1 Å². The summed E-state index contributed by atoms with van der Waals surface area (Å²) in [6, 6.07) is 20.7. The van der Waals surface area contributed by atoms with Crippen molar-refractivity contribution in [2.24, 2.45) is 0 Å². The van der Waals surface area contributed by atoms with Gasteiger partial charge in [0, 0.05) is 12.2 Å². The summed E-state index contributed by atoms with van der Waals surface area (Å²) in [4.78, 5) is 24.8. The molecule has 0 spiro atoms. The Morgan fingerprint density at radius 3 is 1.68 bits per heavy atom. The molecule has 0 aliphatic carbocycles. The molecule has 8 nitrogen and oxygen atoms in total. The third-order valence-electron chi connectivity index (χ3n) is 5.05. The van der Waals surface area contributed by atoms with Gasteiger partial charge in [-0.1, -0.05) is 36.4 Å². The van der Waals surface area contributed by atoms with Gasteiger partial charge in [-0.25, -0.2) is 9.59 Å². The standard InChI is InChI=1S/C30H26O8/c31-29-15-9-23-5-11-25(12-6-23)35-21-19-33-17-18-34-20-22-36-26-13-7-24(8-14-26)10-16-30(32)38-28-4-2-1-3-27(28)37-29/h1-16,19,21H,17-18,20,22H2/b15-9-,16-10?,21-19-. The maximum atomic E-state index is 12.4. The zero-order valence-electron chi connectivity index (χ0n) is 20.5. The van der Waals surface area contributed by atoms with E-state index in [4.69, 9.17) is 28.4 Å². The minimum atomic E-state index is -0.621. The summed E-state index contributed by atoms with van der Waals surface area (Å²) in [7, 11) is 0. The minimum absolute atomic E-state index is 0.125. The Labute approximate surface area is 220 Å². The molecule has 0 aromatic heterocycles. The highest BCUT2D eigenvalue weighted by Gasteiger charge is 2.11. The number of carbonyl (C=O) groups excluding carboxylic acids is 2. The molecular weight excluding hydrogens is 488 g/mol. The first kappa shape index (κ1) is 26.2. The van der Waals surface area contributed by atoms with Crippen LogP contribution in [0.15, 0.2) is 97.5 Å². The average Bonchev–Trinajstić information content (AvgIpc) is 2.93. The second-order valence-electron chi connectivity index (χ2n) is 7.82. The van der Waals surface area contributed by atoms with Crippen LogP contribution in [0.4, 0.5) is 0 Å². The van der Waals surface area contributed by atoms with Gasteiger partial charge >= 0.3 is 11.9 Å². The molecule has 7 rings (SSSR count). The Kier molecular flexibility index (Phi) is 9.71. The van der Waals surface area contributed by atoms with Crippen LogP contribution in [0.3, 0.4) is 0 Å². The van der Waals surface area contributed by atoms with Gasteiger partial charge in [0.2, 0.25) is 0 Å². The van der Waals surface area contributed by atoms with Gasteiger partial charge in [-0.05, 0) is 59.7 Å². The summed E-state index contributed by atoms with van der Waals surface area (Å²) in [6.07, 6.45) is 8.68. The van der Waals surface area contributed by atoms with Crippen molar-refractivity contribution in [3.63, 3.8) is 0 Å². The number of esters is 2. The van der Waals surface area contributed by atoms with Crippen LogP contribution in [-0.2, 0) is 19.1 Å². The van der Waals surface area contributed by atoms with Crippen LogP contribution in [0.5, 0.6) is 23.0 Å². The third-order valence-corrected chi connectivity index (χ3v) is 5.05. The van der Waals surface area contributed by atoms with Crippen LogP contribution in [-0.4, -0.2) is 38.4 Å². The van der Waals surface area contributed by atoms with E-state index in [1.54, 1.807) is 72.8 Å². The lowest BCUT2D eigenvalue weighted by Crippen LogP contribution is -2.09. The molecule has 4 aliphatic heterocycles. The summed E-state index contributed by atoms with van der Waals surface area (Å²) in [6.45, 7) is 1.57. The van der Waals surface area contributed by atoms with Gasteiger partial charge in [0.25, 0.3) is 0 Å². The summed E-state index contributed by atoms with van der Waals surface area (Å²) in [5.41, 5.74) is 1.55. The number of benzene rings is 3. The summed E-state index contributed by atoms with van der Waals surface area (Å²) >= 11 is 0. The molecule has 4 bridgehead atoms. The van der Waals surface area contributed by atoms with Gasteiger partial charge in [0.05, 0.1) is 13.2 Å². The third kappa shape index (κ3) is 8.69. The normalized spacial score (nSPS) is 16.8. The van der Waals surface area contributed by atoms with Crippen molar-refractivity contribution in [2.45, 2.75) is 0 Å². The van der Waals surface area contributed by atoms with Crippen LogP contribution in [0.1, 0.15) is 11.1 Å². The van der Waals surface area contributed by atoms with Crippen molar-refractivity contribution in [3.8, 4) is 23.0 Å². The van der Waals surface area contributed by atoms with Crippen molar-refractivity contribution >= 4 is 24.1 Å². The largest absolute Gasteiger partial charge is 0.496 e. The molecule has 0 saturated heterocycles. The quantitative estimate of drug-likeness (QED) is 0.299. The first-order valence-corrected chi connectivity index (χ1v) is 11.9. The summed E-state index contributed by atoms with van der Waals surface area (Å²) in [5, 5.41) is 0. The molecule has 194 valence electrons. The number of para-hydroxylation sites is 2. The monoisotopic (exact) mass is 514 g/mol. The van der Waals surface area contributed by atoms with Gasteiger partial charge in [0.15, 0.2) is 11.5 Å². The molecule has 0 radical (unpaired) electrons. The van der Waals surface area contributed by atoms with Crippen molar-refractivity contribution in [2.75, 3.05) is 26.4 Å². The lowest BCUT2D eigenvalue weighted by molar-refractivity contribution is -0.131. The zero-order valence-corrected chi connectivity index (χ0v) is 20.5. The zero-order chi connectivity index (χ0) is 26.4. The molecule has 0 fully saturated rings. The number of carbonyl (C=O) groups is 2. The van der Waals surface area contributed by atoms with Gasteiger partial charge in [-0.15, -0.1) is 0 Å². The highest BCUT2D eigenvalue weighted by atomic mass is 16.6. The lowest BCUT2D eigenvalue weighted by Gasteiger charge is -2.08. The van der Waals surface area contributed by atoms with Crippen LogP contribution in [0.2, 0.25) is 0 Å². The number of hydrogen-bond donors (Lipinski definition) is 0. The fourth-order valence-electron chi connectivity index (χ4n) is 3.21. The van der Waals surface area contributed by atoms with E-state index in [9.17, 15) is 9.59 Å². The molecule has 3 aromatic rings. The second-order valence-corrected chi connectivity index (χ2v) is 7.82. The van der Waals surface area contributed by atoms with E-state index in [1.165, 1.54) is 24.7 Å². The lowest BCUT2D eigenvalue weighted by atomic mass is 10.2. The number of hydrogen-bond acceptors (Lipinski definition) is 8. The fraction of sp³-hybridized carbons (Fsp3) is 0.133. The summed E-state index contributed by atoms with van der Waals surface area (Å²) < 4.78 is 32.7. The molecule has 0 amide bonds. The highest BCUT2D eigenvalue weighted by molar-refractivity contribution is 5.91. The maximum Gasteiger partial charge on any atom is 0.336 e. The SMILES string of the molecule is O=C1C=Cc2ccc(cc2)OCCOCCO/C=C\Oc2ccc(cc2)/C=C\C(=O)Oc2ccccc2O1. The van der Waals surface area contributed by atoms with Crippen LogP contribution in [0.25, 0.3) is 12.2 Å². The van der Waals surface area contributed by atoms with E-state index in [0.717, 1.165) is 11.1 Å². The smallest absolute Gasteiger partial charge is 0.336 e. The van der Waals surface area contributed by atoms with E-state index in [2.05, 4.69) is 0 Å². The second kappa shape index (κ2) is 14.1. The Morgan fingerprint density at radius 2 is 1.08 bits per heavy atom. The molecule has 0 unspecified atom stereocenters. The highest BCUT2D eigenvalue weighted by Crippen LogP contribution is 2.27. The van der Waals surface area contributed by atoms with Gasteiger partial charge in [0.1, 0.15) is 37.2 Å². The average molecular weight is 515 g/mol. The fourth-order valence-corrected chi connectivity index (χ4v) is 3.21. The van der Waals surface area contributed by atoms with Crippen molar-refractivity contribution < 1.29 is 38.0 Å². The topological polar surface area (TPSA) is 89.5 Å². The molecule has 3 aromatic carbocycles. The van der Waals surface area contributed by atoms with Gasteiger partial charge in [-0.2, -0.15) is 0 Å². The van der Waals surface area contributed by atoms with E-state index in [0.29, 0.717) is 37.9 Å². The van der Waals surface area contributed by atoms with Crippen LogP contribution >= 0.6 is 0 Å². The molecule has 0 atom stereocenters. The first-order valence-electron chi connectivity index (χ1n) is 11.9. The van der Waals surface area contributed by atoms with E-state index >= 15 is 0 Å². The molecule has 38 heavy (non-hydrogen) atoms. The van der Waals surface area contributed by atoms with E-state index < -0.39 is 11.9 Å². The van der Waals surface area contributed by atoms with Crippen LogP contribution in [0, 0.1) is 0 Å². The van der Waals surface area contributed by atoms with Crippen LogP contribution < -0.4 is 18.9 Å². The Hall–Kier alpha value is -4.82. The molecule has 4 heterocycles. The molecule has 8 heteroatoms.